The number of aliphatic carboxylic acids is 1. The molecule has 0 aliphatic carbocycles. The zero-order chi connectivity index (χ0) is 18.4. The van der Waals surface area contributed by atoms with Crippen molar-refractivity contribution in [2.24, 2.45) is 0 Å². The summed E-state index contributed by atoms with van der Waals surface area (Å²) in [5, 5.41) is 17.6. The minimum absolute atomic E-state index is 0.0834. The number of carbonyl (C=O) groups excluding carboxylic acids is 2. The molecular weight excluding hydrogens is 346 g/mol. The van der Waals surface area contributed by atoms with Crippen LogP contribution in [0.15, 0.2) is 24.3 Å². The molecule has 1 unspecified atom stereocenters. The van der Waals surface area contributed by atoms with Crippen LogP contribution in [0.1, 0.15) is 6.42 Å². The van der Waals surface area contributed by atoms with Gasteiger partial charge in [-0.2, -0.15) is 4.48 Å². The maximum atomic E-state index is 12.0. The summed E-state index contributed by atoms with van der Waals surface area (Å²) in [6, 6.07) is 6.57. The first kappa shape index (κ1) is 18.6. The lowest BCUT2D eigenvalue weighted by Crippen LogP contribution is -2.57. The third-order valence-corrected chi connectivity index (χ3v) is 4.12. The molecule has 10 heteroatoms. The van der Waals surface area contributed by atoms with E-state index in [1.54, 1.807) is 18.2 Å². The van der Waals surface area contributed by atoms with Crippen molar-refractivity contribution >= 4 is 46.6 Å². The number of carboxylic acids is 1. The van der Waals surface area contributed by atoms with Crippen molar-refractivity contribution in [3.05, 3.63) is 24.3 Å². The third kappa shape index (κ3) is 4.43. The molecule has 1 aromatic carbocycles. The number of anilines is 2. The molecule has 1 heterocycles. The first-order chi connectivity index (χ1) is 11.8. The second-order valence-corrected chi connectivity index (χ2v) is 6.03. The molecule has 1 aliphatic heterocycles. The number of amides is 3. The Balaban J connectivity index is 1.85. The number of nitrogens with two attached hydrogens (primary N) is 1. The summed E-state index contributed by atoms with van der Waals surface area (Å²) >= 11 is 5.16. The van der Waals surface area contributed by atoms with E-state index in [0.717, 1.165) is 0 Å². The molecule has 9 nitrogen and oxygen atoms in total. The van der Waals surface area contributed by atoms with Gasteiger partial charge in [0.2, 0.25) is 0 Å². The Bertz CT molecular complexity index is 693. The molecule has 0 saturated carbocycles. The second kappa shape index (κ2) is 7.90. The van der Waals surface area contributed by atoms with Gasteiger partial charge < -0.3 is 21.5 Å². The first-order valence-electron chi connectivity index (χ1n) is 7.65. The quantitative estimate of drug-likeness (QED) is 0.151. The zero-order valence-corrected chi connectivity index (χ0v) is 14.3. The number of para-hydroxylation sites is 2. The molecule has 0 radical (unpaired) electrons. The van der Waals surface area contributed by atoms with Crippen molar-refractivity contribution in [1.82, 2.24) is 10.6 Å². The van der Waals surface area contributed by atoms with Crippen LogP contribution in [-0.4, -0.2) is 58.8 Å². The summed E-state index contributed by atoms with van der Waals surface area (Å²) in [7, 11) is 0. The van der Waals surface area contributed by atoms with E-state index in [-0.39, 0.29) is 13.1 Å². The number of carboxylic acid groups (broad SMARTS) is 1. The fraction of sp³-hybridized carbons (Fsp3) is 0.333. The molecule has 1 aliphatic rings. The number of benzene rings is 1. The molecule has 0 aromatic heterocycles. The van der Waals surface area contributed by atoms with Gasteiger partial charge in [0.1, 0.15) is 6.54 Å². The number of thiocarbonyl (C=S) groups is 1. The number of nitrogens with zero attached hydrogens (tertiary/aromatic N) is 1. The van der Waals surface area contributed by atoms with Gasteiger partial charge in [0, 0.05) is 13.0 Å². The van der Waals surface area contributed by atoms with E-state index >= 15 is 0 Å². The summed E-state index contributed by atoms with van der Waals surface area (Å²) in [6.45, 7) is -0.250. The minimum atomic E-state index is -1.20. The lowest BCUT2D eigenvalue weighted by molar-refractivity contribution is -0.759. The van der Waals surface area contributed by atoms with Crippen molar-refractivity contribution in [1.29, 1.82) is 0 Å². The summed E-state index contributed by atoms with van der Waals surface area (Å²) < 4.78 is -0.719. The van der Waals surface area contributed by atoms with E-state index < -0.39 is 28.9 Å². The molecule has 1 atom stereocenters. The number of hydrogen-bond donors (Lipinski definition) is 5. The Morgan fingerprint density at radius 3 is 2.68 bits per heavy atom. The standard InChI is InChI=1S/C15H19N5O4S/c16-10-4-1-2-5-11(10)19-14(25)17-6-3-7-20(9-13(22)23)12(21)8-18-15(20)24/h1-2,4-5H,3,6-9,16H2,(H3-,17,18,19,22,23,24,25)/p+1. The Labute approximate surface area is 149 Å². The molecule has 1 fully saturated rings. The van der Waals surface area contributed by atoms with Gasteiger partial charge in [0.15, 0.2) is 11.7 Å². The van der Waals surface area contributed by atoms with Crippen LogP contribution in [0.25, 0.3) is 0 Å². The number of urea groups is 1. The summed E-state index contributed by atoms with van der Waals surface area (Å²) in [6.07, 6.45) is 0.387. The van der Waals surface area contributed by atoms with Gasteiger partial charge in [-0.05, 0) is 24.4 Å². The first-order valence-corrected chi connectivity index (χ1v) is 8.06. The Kier molecular flexibility index (Phi) is 5.88. The summed E-state index contributed by atoms with van der Waals surface area (Å²) in [5.74, 6) is -1.64. The number of quaternary nitrogens is 1. The maximum Gasteiger partial charge on any atom is 0.425 e. The van der Waals surface area contributed by atoms with Crippen LogP contribution in [-0.2, 0) is 9.59 Å². The molecule has 134 valence electrons. The topological polar surface area (TPSA) is 134 Å². The smallest absolute Gasteiger partial charge is 0.425 e. The Morgan fingerprint density at radius 1 is 1.36 bits per heavy atom. The fourth-order valence-corrected chi connectivity index (χ4v) is 2.80. The van der Waals surface area contributed by atoms with Gasteiger partial charge in [0.05, 0.1) is 17.9 Å². The van der Waals surface area contributed by atoms with Gasteiger partial charge >= 0.3 is 17.9 Å². The number of nitrogen functional groups attached to an aromatic ring is 1. The molecule has 1 saturated heterocycles. The maximum absolute atomic E-state index is 12.0. The molecule has 0 bridgehead atoms. The minimum Gasteiger partial charge on any atom is -0.477 e. The number of imide groups is 1. The van der Waals surface area contributed by atoms with Crippen LogP contribution in [0, 0.1) is 0 Å². The molecule has 1 aromatic rings. The van der Waals surface area contributed by atoms with Crippen molar-refractivity contribution < 1.29 is 24.0 Å². The van der Waals surface area contributed by atoms with E-state index in [9.17, 15) is 14.4 Å². The van der Waals surface area contributed by atoms with Crippen molar-refractivity contribution in [3.8, 4) is 0 Å². The average molecular weight is 366 g/mol. The molecular formula is C15H20N5O4S+. The Hall–Kier alpha value is -2.72. The highest BCUT2D eigenvalue weighted by Crippen LogP contribution is 2.17. The SMILES string of the molecule is Nc1ccccc1NC(=S)NCCC[N+]1(CC(=O)O)C(=O)CNC1=O. The van der Waals surface area contributed by atoms with Crippen LogP contribution in [0.3, 0.4) is 0 Å². The lowest BCUT2D eigenvalue weighted by atomic mass is 10.3. The third-order valence-electron chi connectivity index (χ3n) is 3.87. The molecule has 2 rings (SSSR count). The van der Waals surface area contributed by atoms with Crippen LogP contribution >= 0.6 is 12.2 Å². The largest absolute Gasteiger partial charge is 0.477 e. The fourth-order valence-electron chi connectivity index (χ4n) is 2.59. The van der Waals surface area contributed by atoms with Crippen LogP contribution in [0.5, 0.6) is 0 Å². The highest BCUT2D eigenvalue weighted by Gasteiger charge is 2.51. The van der Waals surface area contributed by atoms with Gasteiger partial charge in [0.25, 0.3) is 0 Å². The number of hydrogen-bond acceptors (Lipinski definition) is 5. The van der Waals surface area contributed by atoms with Crippen molar-refractivity contribution in [3.63, 3.8) is 0 Å². The van der Waals surface area contributed by atoms with Gasteiger partial charge in [-0.25, -0.2) is 14.4 Å². The zero-order valence-electron chi connectivity index (χ0n) is 13.4. The van der Waals surface area contributed by atoms with Crippen molar-refractivity contribution in [2.45, 2.75) is 6.42 Å². The monoisotopic (exact) mass is 366 g/mol. The Morgan fingerprint density at radius 2 is 2.08 bits per heavy atom. The summed E-state index contributed by atoms with van der Waals surface area (Å²) in [5.41, 5.74) is 7.03. The van der Waals surface area contributed by atoms with E-state index in [1.807, 2.05) is 6.07 Å². The van der Waals surface area contributed by atoms with Crippen molar-refractivity contribution in [2.75, 3.05) is 37.2 Å². The highest BCUT2D eigenvalue weighted by atomic mass is 32.1. The van der Waals surface area contributed by atoms with Crippen LogP contribution < -0.4 is 21.7 Å². The molecule has 3 amide bonds. The number of nitrogens with one attached hydrogen (secondary N) is 3. The lowest BCUT2D eigenvalue weighted by Gasteiger charge is -2.25. The normalized spacial score (nSPS) is 19.4. The number of carbonyl (C=O) groups is 3. The second-order valence-electron chi connectivity index (χ2n) is 5.62. The molecule has 0 spiro atoms. The number of rotatable bonds is 7. The predicted molar refractivity (Wildman–Crippen MR) is 95.7 cm³/mol. The highest BCUT2D eigenvalue weighted by molar-refractivity contribution is 7.80. The molecule has 6 N–H and O–H groups in total. The van der Waals surface area contributed by atoms with Gasteiger partial charge in [-0.3, -0.25) is 5.32 Å². The van der Waals surface area contributed by atoms with E-state index in [0.29, 0.717) is 29.5 Å². The van der Waals surface area contributed by atoms with Gasteiger partial charge in [-0.1, -0.05) is 12.1 Å². The van der Waals surface area contributed by atoms with E-state index in [1.165, 1.54) is 0 Å². The van der Waals surface area contributed by atoms with E-state index in [4.69, 9.17) is 23.1 Å². The predicted octanol–water partition coefficient (Wildman–Crippen LogP) is 0.0965. The van der Waals surface area contributed by atoms with Crippen LogP contribution in [0.4, 0.5) is 16.2 Å². The molecule has 25 heavy (non-hydrogen) atoms. The van der Waals surface area contributed by atoms with Crippen LogP contribution in [0.2, 0.25) is 0 Å². The summed E-state index contributed by atoms with van der Waals surface area (Å²) in [4.78, 5) is 35.0. The average Bonchev–Trinajstić information content (AvgIpc) is 2.82. The van der Waals surface area contributed by atoms with Gasteiger partial charge in [-0.15, -0.1) is 0 Å². The van der Waals surface area contributed by atoms with E-state index in [2.05, 4.69) is 16.0 Å².